The Balaban J connectivity index is 2.41. The van der Waals surface area contributed by atoms with Gasteiger partial charge in [0.15, 0.2) is 0 Å². The van der Waals surface area contributed by atoms with Crippen molar-refractivity contribution in [3.63, 3.8) is 0 Å². The summed E-state index contributed by atoms with van der Waals surface area (Å²) in [6.45, 7) is 0.513. The van der Waals surface area contributed by atoms with Crippen molar-refractivity contribution in [2.24, 2.45) is 0 Å². The van der Waals surface area contributed by atoms with Crippen LogP contribution in [-0.2, 0) is 23.0 Å². The molecule has 0 amide bonds. The van der Waals surface area contributed by atoms with Gasteiger partial charge in [0, 0.05) is 13.6 Å². The number of alkyl halides is 2. The standard InChI is InChI=1S/C12H16F2N2O2S/c1-16(8-12(13)14)19(17,18)11-4-2-3-9-7-15-6-5-10(9)11/h2-4,12,15H,5-8H2,1H3. The van der Waals surface area contributed by atoms with E-state index in [4.69, 9.17) is 0 Å². The van der Waals surface area contributed by atoms with Crippen LogP contribution in [0.4, 0.5) is 8.78 Å². The third-order valence-corrected chi connectivity index (χ3v) is 5.09. The minimum Gasteiger partial charge on any atom is -0.312 e. The van der Waals surface area contributed by atoms with E-state index in [1.54, 1.807) is 6.07 Å². The fourth-order valence-electron chi connectivity index (χ4n) is 2.20. The zero-order valence-electron chi connectivity index (χ0n) is 10.6. The van der Waals surface area contributed by atoms with E-state index in [9.17, 15) is 17.2 Å². The molecule has 106 valence electrons. The van der Waals surface area contributed by atoms with Crippen LogP contribution >= 0.6 is 0 Å². The van der Waals surface area contributed by atoms with Gasteiger partial charge in [-0.25, -0.2) is 17.2 Å². The molecule has 0 saturated carbocycles. The van der Waals surface area contributed by atoms with Gasteiger partial charge in [-0.05, 0) is 30.2 Å². The molecule has 1 N–H and O–H groups in total. The summed E-state index contributed by atoms with van der Waals surface area (Å²) in [5, 5.41) is 3.15. The first-order valence-corrected chi connectivity index (χ1v) is 7.43. The molecule has 2 rings (SSSR count). The minimum absolute atomic E-state index is 0.148. The molecule has 0 radical (unpaired) electrons. The van der Waals surface area contributed by atoms with Gasteiger partial charge >= 0.3 is 0 Å². The lowest BCUT2D eigenvalue weighted by Gasteiger charge is -2.23. The molecule has 0 aromatic heterocycles. The number of hydrogen-bond acceptors (Lipinski definition) is 3. The molecule has 0 bridgehead atoms. The molecule has 0 atom stereocenters. The normalized spacial score (nSPS) is 15.8. The van der Waals surface area contributed by atoms with E-state index in [-0.39, 0.29) is 4.90 Å². The number of sulfonamides is 1. The summed E-state index contributed by atoms with van der Waals surface area (Å²) < 4.78 is 50.0. The third kappa shape index (κ3) is 2.93. The summed E-state index contributed by atoms with van der Waals surface area (Å²) in [4.78, 5) is 0.148. The summed E-state index contributed by atoms with van der Waals surface area (Å²) in [7, 11) is -2.67. The van der Waals surface area contributed by atoms with Crippen LogP contribution < -0.4 is 5.32 Å². The maximum absolute atomic E-state index is 12.4. The predicted molar refractivity (Wildman–Crippen MR) is 67.7 cm³/mol. The summed E-state index contributed by atoms with van der Waals surface area (Å²) in [6, 6.07) is 4.99. The van der Waals surface area contributed by atoms with Gasteiger partial charge in [-0.3, -0.25) is 0 Å². The van der Waals surface area contributed by atoms with Crippen molar-refractivity contribution < 1.29 is 17.2 Å². The van der Waals surface area contributed by atoms with Crippen molar-refractivity contribution >= 4 is 10.0 Å². The van der Waals surface area contributed by atoms with Crippen molar-refractivity contribution in [1.82, 2.24) is 9.62 Å². The topological polar surface area (TPSA) is 49.4 Å². The second-order valence-corrected chi connectivity index (χ2v) is 6.51. The maximum atomic E-state index is 12.4. The molecular formula is C12H16F2N2O2S. The van der Waals surface area contributed by atoms with Crippen LogP contribution in [-0.4, -0.2) is 39.3 Å². The SMILES string of the molecule is CN(CC(F)F)S(=O)(=O)c1cccc2c1CCNC2. The number of rotatable bonds is 4. The third-order valence-electron chi connectivity index (χ3n) is 3.18. The molecule has 1 aromatic carbocycles. The molecule has 1 aliphatic rings. The Morgan fingerprint density at radius 2 is 2.16 bits per heavy atom. The average molecular weight is 290 g/mol. The van der Waals surface area contributed by atoms with Crippen molar-refractivity contribution in [3.05, 3.63) is 29.3 Å². The Labute approximate surface area is 111 Å². The molecule has 0 aliphatic carbocycles. The van der Waals surface area contributed by atoms with Crippen molar-refractivity contribution in [2.75, 3.05) is 20.1 Å². The van der Waals surface area contributed by atoms with Gasteiger partial charge in [-0.15, -0.1) is 0 Å². The van der Waals surface area contributed by atoms with E-state index in [2.05, 4.69) is 5.32 Å². The van der Waals surface area contributed by atoms with Gasteiger partial charge < -0.3 is 5.32 Å². The van der Waals surface area contributed by atoms with Gasteiger partial charge in [0.25, 0.3) is 6.43 Å². The van der Waals surface area contributed by atoms with Crippen LogP contribution in [0.2, 0.25) is 0 Å². The van der Waals surface area contributed by atoms with Gasteiger partial charge in [0.2, 0.25) is 10.0 Å². The highest BCUT2D eigenvalue weighted by Crippen LogP contribution is 2.25. The lowest BCUT2D eigenvalue weighted by atomic mass is 10.0. The average Bonchev–Trinajstić information content (AvgIpc) is 2.37. The highest BCUT2D eigenvalue weighted by molar-refractivity contribution is 7.89. The van der Waals surface area contributed by atoms with E-state index in [0.29, 0.717) is 19.5 Å². The summed E-state index contributed by atoms with van der Waals surface area (Å²) >= 11 is 0. The molecule has 7 heteroatoms. The minimum atomic E-state index is -3.85. The lowest BCUT2D eigenvalue weighted by molar-refractivity contribution is 0.126. The summed E-state index contributed by atoms with van der Waals surface area (Å²) in [6.07, 6.45) is -2.09. The Morgan fingerprint density at radius 3 is 2.84 bits per heavy atom. The zero-order valence-corrected chi connectivity index (χ0v) is 11.4. The Hall–Kier alpha value is -1.05. The fourth-order valence-corrected chi connectivity index (χ4v) is 3.64. The lowest BCUT2D eigenvalue weighted by Crippen LogP contribution is -2.33. The van der Waals surface area contributed by atoms with E-state index < -0.39 is 23.0 Å². The molecule has 4 nitrogen and oxygen atoms in total. The first-order chi connectivity index (χ1) is 8.93. The number of fused-ring (bicyclic) bond motifs is 1. The van der Waals surface area contributed by atoms with Gasteiger partial charge in [-0.2, -0.15) is 4.31 Å². The predicted octanol–water partition coefficient (Wildman–Crippen LogP) is 1.22. The van der Waals surface area contributed by atoms with Gasteiger partial charge in [0.05, 0.1) is 11.4 Å². The molecular weight excluding hydrogens is 274 g/mol. The molecule has 0 unspecified atom stereocenters. The second-order valence-electron chi connectivity index (χ2n) is 4.50. The Bertz CT molecular complexity index is 561. The van der Waals surface area contributed by atoms with Crippen molar-refractivity contribution in [2.45, 2.75) is 24.3 Å². The van der Waals surface area contributed by atoms with Crippen LogP contribution in [0.1, 0.15) is 11.1 Å². The quantitative estimate of drug-likeness (QED) is 0.907. The second kappa shape index (κ2) is 5.52. The summed E-state index contributed by atoms with van der Waals surface area (Å²) in [5.41, 5.74) is 1.65. The summed E-state index contributed by atoms with van der Waals surface area (Å²) in [5.74, 6) is 0. The first kappa shape index (κ1) is 14.4. The smallest absolute Gasteiger partial charge is 0.252 e. The number of nitrogens with zero attached hydrogens (tertiary/aromatic N) is 1. The fraction of sp³-hybridized carbons (Fsp3) is 0.500. The van der Waals surface area contributed by atoms with Gasteiger partial charge in [0.1, 0.15) is 0 Å². The molecule has 1 aliphatic heterocycles. The first-order valence-electron chi connectivity index (χ1n) is 5.99. The Morgan fingerprint density at radius 1 is 1.42 bits per heavy atom. The van der Waals surface area contributed by atoms with Crippen LogP contribution in [0.25, 0.3) is 0 Å². The molecule has 0 fully saturated rings. The highest BCUT2D eigenvalue weighted by atomic mass is 32.2. The monoisotopic (exact) mass is 290 g/mol. The number of halogens is 2. The largest absolute Gasteiger partial charge is 0.312 e. The molecule has 1 aromatic rings. The maximum Gasteiger partial charge on any atom is 0.252 e. The van der Waals surface area contributed by atoms with Crippen LogP contribution in [0.15, 0.2) is 23.1 Å². The number of hydrogen-bond donors (Lipinski definition) is 1. The molecule has 0 saturated heterocycles. The highest BCUT2D eigenvalue weighted by Gasteiger charge is 2.27. The molecule has 19 heavy (non-hydrogen) atoms. The Kier molecular flexibility index (Phi) is 4.17. The van der Waals surface area contributed by atoms with Gasteiger partial charge in [-0.1, -0.05) is 12.1 Å². The molecule has 1 heterocycles. The number of benzene rings is 1. The van der Waals surface area contributed by atoms with Crippen molar-refractivity contribution in [1.29, 1.82) is 0 Å². The van der Waals surface area contributed by atoms with Crippen LogP contribution in [0.5, 0.6) is 0 Å². The zero-order chi connectivity index (χ0) is 14.0. The van der Waals surface area contributed by atoms with Crippen LogP contribution in [0.3, 0.4) is 0 Å². The number of nitrogens with one attached hydrogen (secondary N) is 1. The molecule has 0 spiro atoms. The van der Waals surface area contributed by atoms with E-state index in [1.807, 2.05) is 6.07 Å². The van der Waals surface area contributed by atoms with E-state index in [0.717, 1.165) is 15.4 Å². The van der Waals surface area contributed by atoms with E-state index in [1.165, 1.54) is 13.1 Å². The van der Waals surface area contributed by atoms with E-state index >= 15 is 0 Å². The van der Waals surface area contributed by atoms with Crippen molar-refractivity contribution in [3.8, 4) is 0 Å². The van der Waals surface area contributed by atoms with Crippen LogP contribution in [0, 0.1) is 0 Å².